The minimum Gasteiger partial charge on any atom is -1.00 e. The minimum absolute atomic E-state index is 0. The highest BCUT2D eigenvalue weighted by molar-refractivity contribution is 4.97. The van der Waals surface area contributed by atoms with E-state index in [1.807, 2.05) is 0 Å². The molecule has 0 aliphatic carbocycles. The highest BCUT2D eigenvalue weighted by Gasteiger charge is 2.08. The average Bonchev–Trinajstić information content (AvgIpc) is 2.61. The maximum Gasteiger partial charge on any atom is 0.181 e. The number of hydrogen-bond donors (Lipinski definition) is 0. The summed E-state index contributed by atoms with van der Waals surface area (Å²) >= 11 is 0. The largest absolute Gasteiger partial charge is 1.00 e. The zero-order valence-electron chi connectivity index (χ0n) is 16.9. The molecule has 0 unspecified atom stereocenters. The number of rotatable bonds is 16. The first kappa shape index (κ1) is 24.4. The highest BCUT2D eigenvalue weighted by atomic mass is 35.5. The summed E-state index contributed by atoms with van der Waals surface area (Å²) in [5.41, 5.74) is 1.54. The molecule has 0 radical (unpaired) electrons. The Hall–Kier alpha value is -0.560. The lowest BCUT2D eigenvalue weighted by molar-refractivity contribution is -0.704. The molecule has 25 heavy (non-hydrogen) atoms. The van der Waals surface area contributed by atoms with Gasteiger partial charge in [-0.2, -0.15) is 0 Å². The molecule has 0 aromatic carbocycles. The summed E-state index contributed by atoms with van der Waals surface area (Å²) in [6.07, 6.45) is 23.1. The molecule has 1 aromatic heterocycles. The second-order valence-corrected chi connectivity index (χ2v) is 7.38. The van der Waals surface area contributed by atoms with E-state index in [0.29, 0.717) is 0 Å². The van der Waals surface area contributed by atoms with Gasteiger partial charge in [-0.3, -0.25) is 0 Å². The summed E-state index contributed by atoms with van der Waals surface area (Å²) < 4.78 is 2.50. The van der Waals surface area contributed by atoms with Crippen LogP contribution >= 0.6 is 0 Å². The lowest BCUT2D eigenvalue weighted by Gasteiger charge is -2.05. The number of aryl methyl sites for hydroxylation is 2. The van der Waals surface area contributed by atoms with Gasteiger partial charge in [-0.25, -0.2) is 4.57 Å². The zero-order valence-corrected chi connectivity index (χ0v) is 17.7. The van der Waals surface area contributed by atoms with Crippen molar-refractivity contribution in [2.45, 2.75) is 117 Å². The topological polar surface area (TPSA) is 3.88 Å². The van der Waals surface area contributed by atoms with Crippen LogP contribution < -0.4 is 17.0 Å². The van der Waals surface area contributed by atoms with Crippen LogP contribution in [-0.2, 0) is 13.0 Å². The predicted octanol–water partition coefficient (Wildman–Crippen LogP) is 4.02. The van der Waals surface area contributed by atoms with Gasteiger partial charge >= 0.3 is 0 Å². The number of hydrogen-bond acceptors (Lipinski definition) is 0. The second kappa shape index (κ2) is 18.2. The molecular formula is C23H42ClN. The maximum absolute atomic E-state index is 2.50. The van der Waals surface area contributed by atoms with Crippen molar-refractivity contribution >= 4 is 0 Å². The van der Waals surface area contributed by atoms with Crippen LogP contribution in [-0.4, -0.2) is 0 Å². The Balaban J connectivity index is 0.00000576. The fourth-order valence-electron chi connectivity index (χ4n) is 3.46. The van der Waals surface area contributed by atoms with E-state index >= 15 is 0 Å². The van der Waals surface area contributed by atoms with Gasteiger partial charge in [0.15, 0.2) is 11.9 Å². The summed E-state index contributed by atoms with van der Waals surface area (Å²) in [5, 5.41) is 0. The van der Waals surface area contributed by atoms with Gasteiger partial charge < -0.3 is 12.4 Å². The molecule has 0 atom stereocenters. The minimum atomic E-state index is 0. The van der Waals surface area contributed by atoms with E-state index in [1.165, 1.54) is 109 Å². The van der Waals surface area contributed by atoms with E-state index in [-0.39, 0.29) is 12.4 Å². The third-order valence-corrected chi connectivity index (χ3v) is 5.07. The van der Waals surface area contributed by atoms with Gasteiger partial charge in [-0.15, -0.1) is 0 Å². The molecule has 1 rings (SSSR count). The number of halogens is 1. The van der Waals surface area contributed by atoms with Gasteiger partial charge in [0.25, 0.3) is 0 Å². The molecule has 0 N–H and O–H groups in total. The molecule has 2 heteroatoms. The molecule has 1 heterocycles. The van der Waals surface area contributed by atoms with Gasteiger partial charge in [0.05, 0.1) is 0 Å². The Kier molecular flexibility index (Phi) is 17.8. The van der Waals surface area contributed by atoms with Crippen LogP contribution in [0.1, 0.15) is 109 Å². The highest BCUT2D eigenvalue weighted by Crippen LogP contribution is 2.10. The Morgan fingerprint density at radius 1 is 0.640 bits per heavy atom. The first-order valence-electron chi connectivity index (χ1n) is 10.9. The Labute approximate surface area is 164 Å². The summed E-state index contributed by atoms with van der Waals surface area (Å²) in [4.78, 5) is 0. The molecule has 1 nitrogen and oxygen atoms in total. The van der Waals surface area contributed by atoms with Gasteiger partial charge in [0.1, 0.15) is 6.54 Å². The van der Waals surface area contributed by atoms with Crippen LogP contribution in [0.5, 0.6) is 0 Å². The molecule has 0 aliphatic heterocycles. The van der Waals surface area contributed by atoms with Crippen LogP contribution in [0.3, 0.4) is 0 Å². The molecule has 0 spiro atoms. The second-order valence-electron chi connectivity index (χ2n) is 7.38. The Morgan fingerprint density at radius 3 is 1.76 bits per heavy atom. The lowest BCUT2D eigenvalue weighted by atomic mass is 10.1. The Bertz CT molecular complexity index is 391. The van der Waals surface area contributed by atoms with Gasteiger partial charge in [0, 0.05) is 25.0 Å². The van der Waals surface area contributed by atoms with Gasteiger partial charge in [-0.05, 0) is 12.8 Å². The van der Waals surface area contributed by atoms with Gasteiger partial charge in [0.2, 0.25) is 0 Å². The summed E-state index contributed by atoms with van der Waals surface area (Å²) in [6, 6.07) is 6.73. The monoisotopic (exact) mass is 367 g/mol. The van der Waals surface area contributed by atoms with Crippen molar-refractivity contribution in [3.63, 3.8) is 0 Å². The average molecular weight is 368 g/mol. The third-order valence-electron chi connectivity index (χ3n) is 5.07. The van der Waals surface area contributed by atoms with Crippen LogP contribution in [0, 0.1) is 0 Å². The van der Waals surface area contributed by atoms with E-state index in [2.05, 4.69) is 42.8 Å². The third kappa shape index (κ3) is 13.3. The fraction of sp³-hybridized carbons (Fsp3) is 0.783. The van der Waals surface area contributed by atoms with Crippen molar-refractivity contribution < 1.29 is 17.0 Å². The molecule has 0 aliphatic rings. The SMILES string of the molecule is CCCCCCCCCCc1cccc[n+]1CCCCCCCC.[Cl-]. The maximum atomic E-state index is 2.50. The van der Waals surface area contributed by atoms with Crippen LogP contribution in [0.4, 0.5) is 0 Å². The molecule has 0 saturated heterocycles. The van der Waals surface area contributed by atoms with Crippen LogP contribution in [0.15, 0.2) is 24.4 Å². The summed E-state index contributed by atoms with van der Waals surface area (Å²) in [7, 11) is 0. The van der Waals surface area contributed by atoms with Crippen molar-refractivity contribution in [2.24, 2.45) is 0 Å². The molecular weight excluding hydrogens is 326 g/mol. The first-order chi connectivity index (χ1) is 11.9. The predicted molar refractivity (Wildman–Crippen MR) is 106 cm³/mol. The fourth-order valence-corrected chi connectivity index (χ4v) is 3.46. The van der Waals surface area contributed by atoms with Crippen molar-refractivity contribution in [3.8, 4) is 0 Å². The number of nitrogens with zero attached hydrogens (tertiary/aromatic N) is 1. The number of unbranched alkanes of at least 4 members (excludes halogenated alkanes) is 12. The molecule has 146 valence electrons. The zero-order chi connectivity index (χ0) is 17.3. The van der Waals surface area contributed by atoms with E-state index in [0.717, 1.165) is 0 Å². The Morgan fingerprint density at radius 2 is 1.16 bits per heavy atom. The molecule has 0 bridgehead atoms. The van der Waals surface area contributed by atoms with Crippen molar-refractivity contribution in [1.82, 2.24) is 0 Å². The molecule has 0 amide bonds. The van der Waals surface area contributed by atoms with Crippen molar-refractivity contribution in [3.05, 3.63) is 30.1 Å². The van der Waals surface area contributed by atoms with Crippen molar-refractivity contribution in [1.29, 1.82) is 0 Å². The standard InChI is InChI=1S/C23H42N.ClH/c1-3-5-7-9-11-12-13-15-19-23-20-16-18-22-24(23)21-17-14-10-8-6-4-2;/h16,18,20,22H,3-15,17,19,21H2,1-2H3;1H/q+1;/p-1. The molecule has 0 fully saturated rings. The summed E-state index contributed by atoms with van der Waals surface area (Å²) in [5.74, 6) is 0. The van der Waals surface area contributed by atoms with Gasteiger partial charge in [-0.1, -0.05) is 90.5 Å². The first-order valence-corrected chi connectivity index (χ1v) is 10.9. The van der Waals surface area contributed by atoms with Crippen LogP contribution in [0.25, 0.3) is 0 Å². The quantitative estimate of drug-likeness (QED) is 0.307. The normalized spacial score (nSPS) is 10.6. The van der Waals surface area contributed by atoms with Crippen LogP contribution in [0.2, 0.25) is 0 Å². The van der Waals surface area contributed by atoms with Crippen molar-refractivity contribution in [2.75, 3.05) is 0 Å². The lowest BCUT2D eigenvalue weighted by Crippen LogP contribution is -3.00. The van der Waals surface area contributed by atoms with E-state index in [1.54, 1.807) is 0 Å². The van der Waals surface area contributed by atoms with E-state index in [9.17, 15) is 0 Å². The summed E-state index contributed by atoms with van der Waals surface area (Å²) in [6.45, 7) is 5.79. The molecule has 1 aromatic rings. The van der Waals surface area contributed by atoms with E-state index < -0.39 is 0 Å². The number of pyridine rings is 1. The van der Waals surface area contributed by atoms with E-state index in [4.69, 9.17) is 0 Å². The smallest absolute Gasteiger partial charge is 0.181 e. The molecule has 0 saturated carbocycles. The number of aromatic nitrogens is 1.